The maximum Gasteiger partial charge on any atom is 0.123 e. The molecule has 3 N–H and O–H groups in total. The molecule has 20 heavy (non-hydrogen) atoms. The highest BCUT2D eigenvalue weighted by Gasteiger charge is 2.20. The van der Waals surface area contributed by atoms with Crippen molar-refractivity contribution in [3.05, 3.63) is 29.3 Å². The quantitative estimate of drug-likeness (QED) is 0.786. The fourth-order valence-corrected chi connectivity index (χ4v) is 2.11. The van der Waals surface area contributed by atoms with E-state index in [2.05, 4.69) is 45.9 Å². The van der Waals surface area contributed by atoms with Crippen LogP contribution in [0.15, 0.2) is 18.2 Å². The molecular weight excluding hydrogens is 250 g/mol. The van der Waals surface area contributed by atoms with Crippen LogP contribution in [0.4, 0.5) is 0 Å². The maximum absolute atomic E-state index is 9.87. The Bertz CT molecular complexity index is 433. The van der Waals surface area contributed by atoms with E-state index in [0.717, 1.165) is 12.2 Å². The van der Waals surface area contributed by atoms with E-state index in [0.29, 0.717) is 13.0 Å². The average molecular weight is 279 g/mol. The highest BCUT2D eigenvalue weighted by atomic mass is 16.5. The fourth-order valence-electron chi connectivity index (χ4n) is 2.11. The van der Waals surface area contributed by atoms with Crippen LogP contribution in [0.1, 0.15) is 51.7 Å². The standard InChI is InChI=1S/C17H29NO2/c1-13-7-8-14(16(2,3)4)15(11-13)20-10-6-9-17(5,19)12-18/h7-8,11,19H,6,9-10,12,18H2,1-5H3. The van der Waals surface area contributed by atoms with E-state index >= 15 is 0 Å². The predicted molar refractivity (Wildman–Crippen MR) is 84.3 cm³/mol. The Morgan fingerprint density at radius 1 is 1.20 bits per heavy atom. The summed E-state index contributed by atoms with van der Waals surface area (Å²) in [6.07, 6.45) is 1.45. The van der Waals surface area contributed by atoms with Gasteiger partial charge in [-0.25, -0.2) is 0 Å². The molecule has 0 saturated heterocycles. The van der Waals surface area contributed by atoms with Gasteiger partial charge in [-0.05, 0) is 49.3 Å². The summed E-state index contributed by atoms with van der Waals surface area (Å²) < 4.78 is 5.93. The lowest BCUT2D eigenvalue weighted by Crippen LogP contribution is -2.34. The van der Waals surface area contributed by atoms with Gasteiger partial charge in [0, 0.05) is 6.54 Å². The lowest BCUT2D eigenvalue weighted by Gasteiger charge is -2.24. The zero-order valence-electron chi connectivity index (χ0n) is 13.5. The van der Waals surface area contributed by atoms with Crippen LogP contribution in [0.25, 0.3) is 0 Å². The zero-order valence-corrected chi connectivity index (χ0v) is 13.5. The minimum Gasteiger partial charge on any atom is -0.493 e. The van der Waals surface area contributed by atoms with Gasteiger partial charge < -0.3 is 15.6 Å². The molecule has 1 aromatic rings. The number of aryl methyl sites for hydroxylation is 1. The molecule has 0 fully saturated rings. The van der Waals surface area contributed by atoms with Crippen molar-refractivity contribution in [2.24, 2.45) is 5.73 Å². The van der Waals surface area contributed by atoms with Crippen molar-refractivity contribution in [1.82, 2.24) is 0 Å². The lowest BCUT2D eigenvalue weighted by molar-refractivity contribution is 0.0535. The van der Waals surface area contributed by atoms with E-state index in [9.17, 15) is 5.11 Å². The van der Waals surface area contributed by atoms with Gasteiger partial charge in [0.05, 0.1) is 12.2 Å². The van der Waals surface area contributed by atoms with Gasteiger partial charge in [0.25, 0.3) is 0 Å². The van der Waals surface area contributed by atoms with Crippen molar-refractivity contribution >= 4 is 0 Å². The highest BCUT2D eigenvalue weighted by molar-refractivity contribution is 5.41. The molecule has 0 spiro atoms. The van der Waals surface area contributed by atoms with Crippen LogP contribution in [-0.4, -0.2) is 23.9 Å². The minimum absolute atomic E-state index is 0.0613. The van der Waals surface area contributed by atoms with E-state index in [-0.39, 0.29) is 12.0 Å². The number of aliphatic hydroxyl groups is 1. The molecule has 0 amide bonds. The Morgan fingerprint density at radius 2 is 1.85 bits per heavy atom. The molecule has 0 saturated carbocycles. The van der Waals surface area contributed by atoms with Crippen LogP contribution < -0.4 is 10.5 Å². The molecule has 0 aliphatic carbocycles. The molecule has 1 atom stereocenters. The first-order valence-corrected chi connectivity index (χ1v) is 7.32. The topological polar surface area (TPSA) is 55.5 Å². The van der Waals surface area contributed by atoms with Gasteiger partial charge in [-0.3, -0.25) is 0 Å². The molecule has 1 rings (SSSR count). The Hall–Kier alpha value is -1.06. The summed E-state index contributed by atoms with van der Waals surface area (Å²) in [6.45, 7) is 11.3. The summed E-state index contributed by atoms with van der Waals surface area (Å²) in [5.74, 6) is 0.949. The molecule has 1 aromatic carbocycles. The molecule has 0 heterocycles. The van der Waals surface area contributed by atoms with Crippen molar-refractivity contribution in [2.45, 2.75) is 58.5 Å². The predicted octanol–water partition coefficient (Wildman–Crippen LogP) is 3.16. The first-order chi connectivity index (χ1) is 9.15. The molecule has 3 nitrogen and oxygen atoms in total. The largest absolute Gasteiger partial charge is 0.493 e. The van der Waals surface area contributed by atoms with Crippen LogP contribution in [0.5, 0.6) is 5.75 Å². The van der Waals surface area contributed by atoms with Gasteiger partial charge in [0.2, 0.25) is 0 Å². The number of benzene rings is 1. The summed E-state index contributed by atoms with van der Waals surface area (Å²) in [5, 5.41) is 9.87. The lowest BCUT2D eigenvalue weighted by atomic mass is 9.86. The second-order valence-corrected chi connectivity index (χ2v) is 6.90. The van der Waals surface area contributed by atoms with E-state index < -0.39 is 5.60 Å². The Kier molecular flexibility index (Phi) is 5.60. The fraction of sp³-hybridized carbons (Fsp3) is 0.647. The number of hydrogen-bond donors (Lipinski definition) is 2. The van der Waals surface area contributed by atoms with Crippen LogP contribution >= 0.6 is 0 Å². The molecular formula is C17H29NO2. The van der Waals surface area contributed by atoms with Crippen LogP contribution in [-0.2, 0) is 5.41 Å². The Labute approximate surface area is 123 Å². The molecule has 0 aliphatic rings. The van der Waals surface area contributed by atoms with Crippen molar-refractivity contribution in [3.63, 3.8) is 0 Å². The van der Waals surface area contributed by atoms with Crippen molar-refractivity contribution in [2.75, 3.05) is 13.2 Å². The van der Waals surface area contributed by atoms with Crippen molar-refractivity contribution < 1.29 is 9.84 Å². The van der Waals surface area contributed by atoms with Crippen LogP contribution in [0, 0.1) is 6.92 Å². The maximum atomic E-state index is 9.87. The molecule has 0 aliphatic heterocycles. The molecule has 0 bridgehead atoms. The summed E-state index contributed by atoms with van der Waals surface area (Å²) in [5.41, 5.74) is 7.19. The van der Waals surface area contributed by atoms with Gasteiger partial charge in [-0.15, -0.1) is 0 Å². The first kappa shape index (κ1) is 17.0. The van der Waals surface area contributed by atoms with Gasteiger partial charge in [-0.2, -0.15) is 0 Å². The molecule has 114 valence electrons. The number of ether oxygens (including phenoxy) is 1. The van der Waals surface area contributed by atoms with Crippen LogP contribution in [0.3, 0.4) is 0 Å². The smallest absolute Gasteiger partial charge is 0.123 e. The molecule has 3 heteroatoms. The highest BCUT2D eigenvalue weighted by Crippen LogP contribution is 2.32. The third-order valence-electron chi connectivity index (χ3n) is 3.50. The monoisotopic (exact) mass is 279 g/mol. The minimum atomic E-state index is -0.789. The van der Waals surface area contributed by atoms with E-state index in [4.69, 9.17) is 10.5 Å². The number of rotatable bonds is 6. The van der Waals surface area contributed by atoms with Gasteiger partial charge in [-0.1, -0.05) is 32.9 Å². The van der Waals surface area contributed by atoms with Gasteiger partial charge >= 0.3 is 0 Å². The van der Waals surface area contributed by atoms with Crippen LogP contribution in [0.2, 0.25) is 0 Å². The molecule has 0 aromatic heterocycles. The summed E-state index contributed by atoms with van der Waals surface area (Å²) in [4.78, 5) is 0. The third kappa shape index (κ3) is 5.14. The van der Waals surface area contributed by atoms with Crippen molar-refractivity contribution in [3.8, 4) is 5.75 Å². The SMILES string of the molecule is Cc1ccc(C(C)(C)C)c(OCCCC(C)(O)CN)c1. The van der Waals surface area contributed by atoms with Gasteiger partial charge in [0.1, 0.15) is 5.75 Å². The summed E-state index contributed by atoms with van der Waals surface area (Å²) >= 11 is 0. The molecule has 1 unspecified atom stereocenters. The van der Waals surface area contributed by atoms with Crippen molar-refractivity contribution in [1.29, 1.82) is 0 Å². The normalized spacial score (nSPS) is 14.9. The van der Waals surface area contributed by atoms with E-state index in [1.54, 1.807) is 6.92 Å². The second kappa shape index (κ2) is 6.59. The second-order valence-electron chi connectivity index (χ2n) is 6.90. The third-order valence-corrected chi connectivity index (χ3v) is 3.50. The zero-order chi connectivity index (χ0) is 15.4. The average Bonchev–Trinajstić information content (AvgIpc) is 2.33. The summed E-state index contributed by atoms with van der Waals surface area (Å²) in [6, 6.07) is 6.34. The van der Waals surface area contributed by atoms with E-state index in [1.807, 2.05) is 0 Å². The van der Waals surface area contributed by atoms with E-state index in [1.165, 1.54) is 11.1 Å². The number of hydrogen-bond acceptors (Lipinski definition) is 3. The molecule has 0 radical (unpaired) electrons. The first-order valence-electron chi connectivity index (χ1n) is 7.32. The summed E-state index contributed by atoms with van der Waals surface area (Å²) in [7, 11) is 0. The number of nitrogens with two attached hydrogens (primary N) is 1. The Morgan fingerprint density at radius 3 is 2.40 bits per heavy atom. The Balaban J connectivity index is 2.66. The van der Waals surface area contributed by atoms with Gasteiger partial charge in [0.15, 0.2) is 0 Å².